The van der Waals surface area contributed by atoms with Crippen LogP contribution in [0.25, 0.3) is 27.3 Å². The number of rotatable bonds is 6. The van der Waals surface area contributed by atoms with Crippen molar-refractivity contribution in [3.63, 3.8) is 0 Å². The van der Waals surface area contributed by atoms with E-state index in [-0.39, 0.29) is 6.61 Å². The second kappa shape index (κ2) is 8.75. The molecule has 0 unspecified atom stereocenters. The third-order valence-electron chi connectivity index (χ3n) is 4.94. The van der Waals surface area contributed by atoms with Crippen molar-refractivity contribution >= 4 is 33.3 Å². The summed E-state index contributed by atoms with van der Waals surface area (Å²) in [6.45, 7) is 0.192. The molecule has 0 fully saturated rings. The number of esters is 1. The zero-order valence-electron chi connectivity index (χ0n) is 17.1. The first-order valence-corrected chi connectivity index (χ1v) is 9.60. The molecule has 0 bridgehead atoms. The number of methoxy groups -OCH3 is 2. The molecule has 0 N–H and O–H groups in total. The minimum absolute atomic E-state index is 0.192. The molecule has 6 heteroatoms. The van der Waals surface area contributed by atoms with Crippen molar-refractivity contribution in [2.75, 3.05) is 14.2 Å². The molecule has 0 amide bonds. The van der Waals surface area contributed by atoms with Gasteiger partial charge in [0, 0.05) is 11.5 Å². The molecule has 4 aromatic rings. The molecule has 0 saturated carbocycles. The molecule has 31 heavy (non-hydrogen) atoms. The van der Waals surface area contributed by atoms with Crippen molar-refractivity contribution in [2.45, 2.75) is 6.61 Å². The predicted octanol–water partition coefficient (Wildman–Crippen LogP) is 4.69. The van der Waals surface area contributed by atoms with E-state index in [4.69, 9.17) is 18.6 Å². The number of hydrogen-bond donors (Lipinski definition) is 0. The van der Waals surface area contributed by atoms with Gasteiger partial charge in [0.25, 0.3) is 0 Å². The van der Waals surface area contributed by atoms with Gasteiger partial charge in [-0.2, -0.15) is 0 Å². The fourth-order valence-corrected chi connectivity index (χ4v) is 3.47. The van der Waals surface area contributed by atoms with Gasteiger partial charge in [0.15, 0.2) is 0 Å². The molecule has 0 atom stereocenters. The summed E-state index contributed by atoms with van der Waals surface area (Å²) in [6, 6.07) is 20.0. The summed E-state index contributed by atoms with van der Waals surface area (Å²) < 4.78 is 21.3. The van der Waals surface area contributed by atoms with Crippen molar-refractivity contribution in [3.8, 4) is 5.75 Å². The summed E-state index contributed by atoms with van der Waals surface area (Å²) in [5, 5.41) is 2.20. The second-order valence-corrected chi connectivity index (χ2v) is 6.80. The SMILES string of the molecule is CO/C=C(\C(=O)OC)c1ccccc1COc1ccc2c(c1)oc(=O)c1ccccc12. The first-order chi connectivity index (χ1) is 15.1. The minimum atomic E-state index is -0.506. The van der Waals surface area contributed by atoms with Crippen molar-refractivity contribution in [1.82, 2.24) is 0 Å². The van der Waals surface area contributed by atoms with E-state index in [1.165, 1.54) is 20.5 Å². The average molecular weight is 416 g/mol. The molecule has 6 nitrogen and oxygen atoms in total. The Kier molecular flexibility index (Phi) is 5.71. The predicted molar refractivity (Wildman–Crippen MR) is 118 cm³/mol. The van der Waals surface area contributed by atoms with Gasteiger partial charge in [0.2, 0.25) is 0 Å². The van der Waals surface area contributed by atoms with Crippen LogP contribution in [0.3, 0.4) is 0 Å². The van der Waals surface area contributed by atoms with Gasteiger partial charge in [0.1, 0.15) is 23.5 Å². The van der Waals surface area contributed by atoms with Crippen LogP contribution in [0.1, 0.15) is 11.1 Å². The highest BCUT2D eigenvalue weighted by Crippen LogP contribution is 2.28. The molecular formula is C25H20O6. The molecule has 0 aliphatic rings. The first-order valence-electron chi connectivity index (χ1n) is 9.60. The third-order valence-corrected chi connectivity index (χ3v) is 4.94. The minimum Gasteiger partial charge on any atom is -0.503 e. The lowest BCUT2D eigenvalue weighted by molar-refractivity contribution is -0.133. The largest absolute Gasteiger partial charge is 0.503 e. The van der Waals surface area contributed by atoms with Crippen LogP contribution in [0.15, 0.2) is 82.2 Å². The van der Waals surface area contributed by atoms with E-state index in [0.29, 0.717) is 27.9 Å². The number of hydrogen-bond acceptors (Lipinski definition) is 6. The van der Waals surface area contributed by atoms with Crippen molar-refractivity contribution in [2.24, 2.45) is 0 Å². The molecule has 1 heterocycles. The van der Waals surface area contributed by atoms with Crippen molar-refractivity contribution < 1.29 is 23.4 Å². The van der Waals surface area contributed by atoms with E-state index in [1.54, 1.807) is 24.3 Å². The lowest BCUT2D eigenvalue weighted by atomic mass is 10.0. The summed E-state index contributed by atoms with van der Waals surface area (Å²) in [5.41, 5.74) is 1.77. The fraction of sp³-hybridized carbons (Fsp3) is 0.120. The maximum atomic E-state index is 12.3. The second-order valence-electron chi connectivity index (χ2n) is 6.80. The van der Waals surface area contributed by atoms with Crippen LogP contribution >= 0.6 is 0 Å². The Labute approximate surface area is 178 Å². The summed E-state index contributed by atoms with van der Waals surface area (Å²) in [6.07, 6.45) is 1.35. The van der Waals surface area contributed by atoms with Crippen molar-refractivity contribution in [1.29, 1.82) is 0 Å². The molecule has 3 aromatic carbocycles. The summed E-state index contributed by atoms with van der Waals surface area (Å²) in [5.74, 6) is 0.0322. The van der Waals surface area contributed by atoms with E-state index in [1.807, 2.05) is 42.5 Å². The van der Waals surface area contributed by atoms with Crippen LogP contribution in [-0.4, -0.2) is 20.2 Å². The molecule has 0 spiro atoms. The fourth-order valence-electron chi connectivity index (χ4n) is 3.47. The van der Waals surface area contributed by atoms with Crippen molar-refractivity contribution in [3.05, 3.63) is 94.5 Å². The van der Waals surface area contributed by atoms with E-state index in [9.17, 15) is 9.59 Å². The number of ether oxygens (including phenoxy) is 3. The van der Waals surface area contributed by atoms with Gasteiger partial charge in [0.05, 0.1) is 25.9 Å². The van der Waals surface area contributed by atoms with Crippen LogP contribution < -0.4 is 10.4 Å². The Morgan fingerprint density at radius 2 is 1.68 bits per heavy atom. The molecule has 4 rings (SSSR count). The number of carbonyl (C=O) groups excluding carboxylic acids is 1. The Bertz CT molecular complexity index is 1350. The van der Waals surface area contributed by atoms with Crippen LogP contribution in [0.4, 0.5) is 0 Å². The Hall–Kier alpha value is -4.06. The highest BCUT2D eigenvalue weighted by Gasteiger charge is 2.17. The van der Waals surface area contributed by atoms with Gasteiger partial charge in [-0.15, -0.1) is 0 Å². The van der Waals surface area contributed by atoms with Gasteiger partial charge in [-0.1, -0.05) is 42.5 Å². The molecule has 0 saturated heterocycles. The zero-order chi connectivity index (χ0) is 21.8. The molecule has 0 aliphatic carbocycles. The standard InChI is InChI=1S/C25H20O6/c1-28-15-22(24(26)29-2)18-8-4-3-7-16(18)14-30-17-11-12-20-19-9-5-6-10-21(19)25(27)31-23(20)13-17/h3-13,15H,14H2,1-2H3/b22-15-. The van der Waals surface area contributed by atoms with Crippen LogP contribution in [-0.2, 0) is 20.9 Å². The lowest BCUT2D eigenvalue weighted by Crippen LogP contribution is -2.08. The summed E-state index contributed by atoms with van der Waals surface area (Å²) >= 11 is 0. The molecular weight excluding hydrogens is 396 g/mol. The van der Waals surface area contributed by atoms with Crippen LogP contribution in [0, 0.1) is 0 Å². The van der Waals surface area contributed by atoms with E-state index in [2.05, 4.69) is 0 Å². The van der Waals surface area contributed by atoms with Crippen LogP contribution in [0.5, 0.6) is 5.75 Å². The monoisotopic (exact) mass is 416 g/mol. The maximum Gasteiger partial charge on any atom is 0.344 e. The van der Waals surface area contributed by atoms with Gasteiger partial charge < -0.3 is 18.6 Å². The van der Waals surface area contributed by atoms with Crippen LogP contribution in [0.2, 0.25) is 0 Å². The van der Waals surface area contributed by atoms with E-state index in [0.717, 1.165) is 16.3 Å². The van der Waals surface area contributed by atoms with Gasteiger partial charge >= 0.3 is 11.6 Å². The Balaban J connectivity index is 1.66. The normalized spacial score (nSPS) is 11.5. The highest BCUT2D eigenvalue weighted by atomic mass is 16.5. The van der Waals surface area contributed by atoms with Gasteiger partial charge in [-0.3, -0.25) is 0 Å². The first kappa shape index (κ1) is 20.2. The highest BCUT2D eigenvalue weighted by molar-refractivity contribution is 6.16. The Morgan fingerprint density at radius 3 is 2.45 bits per heavy atom. The van der Waals surface area contributed by atoms with E-state index >= 15 is 0 Å². The number of benzene rings is 3. The molecule has 1 aromatic heterocycles. The average Bonchev–Trinajstić information content (AvgIpc) is 2.81. The third kappa shape index (κ3) is 4.00. The smallest absolute Gasteiger partial charge is 0.344 e. The topological polar surface area (TPSA) is 75.0 Å². The summed E-state index contributed by atoms with van der Waals surface area (Å²) in [7, 11) is 2.78. The lowest BCUT2D eigenvalue weighted by Gasteiger charge is -2.13. The zero-order valence-corrected chi connectivity index (χ0v) is 17.1. The summed E-state index contributed by atoms with van der Waals surface area (Å²) in [4.78, 5) is 24.4. The molecule has 156 valence electrons. The molecule has 0 radical (unpaired) electrons. The quantitative estimate of drug-likeness (QED) is 0.149. The Morgan fingerprint density at radius 1 is 0.935 bits per heavy atom. The van der Waals surface area contributed by atoms with Gasteiger partial charge in [-0.25, -0.2) is 9.59 Å². The number of carbonyl (C=O) groups is 1. The van der Waals surface area contributed by atoms with Gasteiger partial charge in [-0.05, 0) is 34.7 Å². The maximum absolute atomic E-state index is 12.3. The molecule has 0 aliphatic heterocycles. The van der Waals surface area contributed by atoms with E-state index < -0.39 is 11.6 Å². The number of fused-ring (bicyclic) bond motifs is 3.